The van der Waals surface area contributed by atoms with E-state index in [0.717, 1.165) is 11.3 Å². The van der Waals surface area contributed by atoms with Gasteiger partial charge in [-0.1, -0.05) is 60.1 Å². The minimum atomic E-state index is -0.234. The number of hydrogen-bond acceptors (Lipinski definition) is 3. The quantitative estimate of drug-likeness (QED) is 0.683. The van der Waals surface area contributed by atoms with Crippen molar-refractivity contribution in [2.24, 2.45) is 4.99 Å². The second-order valence-electron chi connectivity index (χ2n) is 5.78. The van der Waals surface area contributed by atoms with Crippen LogP contribution in [0.3, 0.4) is 0 Å². The number of nitrogens with zero attached hydrogens (tertiary/aromatic N) is 2. The maximum Gasteiger partial charge on any atom is 0.327 e. The third kappa shape index (κ3) is 4.29. The Hall–Kier alpha value is -1.69. The summed E-state index contributed by atoms with van der Waals surface area (Å²) >= 11 is 13.5. The number of nitrogens with one attached hydrogen (secondary N) is 1. The largest absolute Gasteiger partial charge is 0.327 e. The van der Waals surface area contributed by atoms with Crippen LogP contribution in [0.25, 0.3) is 0 Å². The molecule has 3 rings (SSSR count). The van der Waals surface area contributed by atoms with Crippen molar-refractivity contribution in [2.45, 2.75) is 19.1 Å². The number of hydrogen-bond donors (Lipinski definition) is 1. The van der Waals surface area contributed by atoms with Gasteiger partial charge in [-0.15, -0.1) is 0 Å². The fraction of sp³-hybridized carbons (Fsp3) is 0.222. The third-order valence-electron chi connectivity index (χ3n) is 3.72. The third-order valence-corrected chi connectivity index (χ3v) is 5.54. The summed E-state index contributed by atoms with van der Waals surface area (Å²) in [5.74, 6) is 0. The van der Waals surface area contributed by atoms with Crippen LogP contribution in [0.1, 0.15) is 12.5 Å². The summed E-state index contributed by atoms with van der Waals surface area (Å²) in [4.78, 5) is 19.0. The Morgan fingerprint density at radius 3 is 2.72 bits per heavy atom. The van der Waals surface area contributed by atoms with Gasteiger partial charge in [0.15, 0.2) is 5.17 Å². The molecule has 25 heavy (non-hydrogen) atoms. The van der Waals surface area contributed by atoms with Crippen molar-refractivity contribution < 1.29 is 4.79 Å². The molecule has 2 aromatic rings. The van der Waals surface area contributed by atoms with Gasteiger partial charge in [0.2, 0.25) is 0 Å². The smallest absolute Gasteiger partial charge is 0.307 e. The summed E-state index contributed by atoms with van der Waals surface area (Å²) in [7, 11) is 0. The number of aryl methyl sites for hydroxylation is 1. The Morgan fingerprint density at radius 1 is 1.24 bits per heavy atom. The van der Waals surface area contributed by atoms with E-state index in [9.17, 15) is 4.79 Å². The number of thioether (sulfide) groups is 1. The molecule has 1 saturated heterocycles. The molecule has 0 aliphatic carbocycles. The second kappa shape index (κ2) is 7.68. The van der Waals surface area contributed by atoms with Crippen molar-refractivity contribution in [1.29, 1.82) is 0 Å². The second-order valence-corrected chi connectivity index (χ2v) is 8.00. The van der Waals surface area contributed by atoms with E-state index < -0.39 is 0 Å². The molecule has 2 aromatic carbocycles. The Bertz CT molecular complexity index is 841. The number of carbonyl (C=O) groups is 1. The van der Waals surface area contributed by atoms with Gasteiger partial charge < -0.3 is 5.32 Å². The first-order valence-corrected chi connectivity index (χ1v) is 9.42. The molecule has 130 valence electrons. The molecular weight excluding hydrogens is 377 g/mol. The number of amidine groups is 1. The lowest BCUT2D eigenvalue weighted by Crippen LogP contribution is -2.36. The number of urea groups is 1. The molecule has 0 bridgehead atoms. The average Bonchev–Trinajstić information content (AvgIpc) is 2.94. The summed E-state index contributed by atoms with van der Waals surface area (Å²) in [5.41, 5.74) is 2.53. The Balaban J connectivity index is 1.82. The van der Waals surface area contributed by atoms with Crippen LogP contribution in [-0.4, -0.2) is 27.9 Å². The lowest BCUT2D eigenvalue weighted by atomic mass is 10.2. The molecule has 1 fully saturated rings. The van der Waals surface area contributed by atoms with Crippen LogP contribution in [-0.2, 0) is 0 Å². The van der Waals surface area contributed by atoms with Gasteiger partial charge >= 0.3 is 6.03 Å². The van der Waals surface area contributed by atoms with Gasteiger partial charge in [0, 0.05) is 17.5 Å². The van der Waals surface area contributed by atoms with Crippen LogP contribution < -0.4 is 5.32 Å². The van der Waals surface area contributed by atoms with E-state index in [2.05, 4.69) is 17.2 Å². The predicted octanol–water partition coefficient (Wildman–Crippen LogP) is 5.96. The van der Waals surface area contributed by atoms with Gasteiger partial charge in [-0.2, -0.15) is 0 Å². The zero-order valence-corrected chi connectivity index (χ0v) is 16.1. The number of anilines is 1. The molecule has 0 saturated carbocycles. The van der Waals surface area contributed by atoms with Crippen LogP contribution >= 0.6 is 35.0 Å². The molecule has 1 N–H and O–H groups in total. The number of rotatable bonds is 2. The number of carbonyl (C=O) groups excluding carboxylic acids is 1. The number of halogens is 2. The van der Waals surface area contributed by atoms with Crippen LogP contribution in [0, 0.1) is 6.92 Å². The molecule has 0 aromatic heterocycles. The van der Waals surface area contributed by atoms with Gasteiger partial charge in [0.1, 0.15) is 0 Å². The van der Waals surface area contributed by atoms with Crippen LogP contribution in [0.4, 0.5) is 16.2 Å². The van der Waals surface area contributed by atoms with Crippen molar-refractivity contribution in [3.05, 3.63) is 58.1 Å². The first-order valence-electron chi connectivity index (χ1n) is 7.78. The fourth-order valence-electron chi connectivity index (χ4n) is 2.43. The SMILES string of the molecule is Cc1ccccc1N=C1S[C@@H](C)CN1C(=O)Nc1ccc(Cl)c(Cl)c1. The highest BCUT2D eigenvalue weighted by Crippen LogP contribution is 2.30. The normalized spacial score (nSPS) is 18.6. The Kier molecular flexibility index (Phi) is 5.57. The van der Waals surface area contributed by atoms with E-state index in [4.69, 9.17) is 23.2 Å². The predicted molar refractivity (Wildman–Crippen MR) is 108 cm³/mol. The maximum absolute atomic E-state index is 12.7. The number of aliphatic imine (C=N–C) groups is 1. The van der Waals surface area contributed by atoms with Gasteiger partial charge in [0.05, 0.1) is 15.7 Å². The van der Waals surface area contributed by atoms with Crippen molar-refractivity contribution in [1.82, 2.24) is 4.90 Å². The molecule has 7 heteroatoms. The maximum atomic E-state index is 12.7. The van der Waals surface area contributed by atoms with Crippen LogP contribution in [0.5, 0.6) is 0 Å². The summed E-state index contributed by atoms with van der Waals surface area (Å²) in [6.07, 6.45) is 0. The summed E-state index contributed by atoms with van der Waals surface area (Å²) < 4.78 is 0. The lowest BCUT2D eigenvalue weighted by Gasteiger charge is -2.17. The molecule has 0 spiro atoms. The number of benzene rings is 2. The van der Waals surface area contributed by atoms with Crippen molar-refractivity contribution in [3.63, 3.8) is 0 Å². The highest BCUT2D eigenvalue weighted by molar-refractivity contribution is 8.14. The molecule has 1 atom stereocenters. The molecular formula is C18H17Cl2N3OS. The van der Waals surface area contributed by atoms with Crippen molar-refractivity contribution in [3.8, 4) is 0 Å². The molecule has 4 nitrogen and oxygen atoms in total. The Morgan fingerprint density at radius 2 is 2.00 bits per heavy atom. The average molecular weight is 394 g/mol. The highest BCUT2D eigenvalue weighted by atomic mass is 35.5. The minimum Gasteiger partial charge on any atom is -0.307 e. The Labute approximate surface area is 161 Å². The topological polar surface area (TPSA) is 44.7 Å². The fourth-order valence-corrected chi connectivity index (χ4v) is 3.75. The summed E-state index contributed by atoms with van der Waals surface area (Å²) in [6, 6.07) is 12.6. The van der Waals surface area contributed by atoms with E-state index in [1.807, 2.05) is 31.2 Å². The monoisotopic (exact) mass is 393 g/mol. The molecule has 0 radical (unpaired) electrons. The van der Waals surface area contributed by atoms with Gasteiger partial charge in [0.25, 0.3) is 0 Å². The first kappa shape index (κ1) is 18.1. The summed E-state index contributed by atoms with van der Waals surface area (Å²) in [5, 5.41) is 4.68. The van der Waals surface area contributed by atoms with Crippen LogP contribution in [0.15, 0.2) is 47.5 Å². The minimum absolute atomic E-state index is 0.234. The standard InChI is InChI=1S/C18H17Cl2N3OS/c1-11-5-3-4-6-16(11)22-18-23(10-12(2)25-18)17(24)21-13-7-8-14(19)15(20)9-13/h3-9,12H,10H2,1-2H3,(H,21,24)/t12-/m0/s1. The molecule has 1 heterocycles. The van der Waals surface area contributed by atoms with E-state index in [1.54, 1.807) is 34.9 Å². The van der Waals surface area contributed by atoms with E-state index in [1.165, 1.54) is 0 Å². The van der Waals surface area contributed by atoms with Gasteiger partial charge in [-0.05, 0) is 36.8 Å². The lowest BCUT2D eigenvalue weighted by molar-refractivity contribution is 0.235. The van der Waals surface area contributed by atoms with Gasteiger partial charge in [-0.3, -0.25) is 4.90 Å². The van der Waals surface area contributed by atoms with Crippen LogP contribution in [0.2, 0.25) is 10.0 Å². The van der Waals surface area contributed by atoms with E-state index >= 15 is 0 Å². The molecule has 1 aliphatic rings. The molecule has 1 aliphatic heterocycles. The highest BCUT2D eigenvalue weighted by Gasteiger charge is 2.31. The van der Waals surface area contributed by atoms with E-state index in [0.29, 0.717) is 27.4 Å². The van der Waals surface area contributed by atoms with E-state index in [-0.39, 0.29) is 11.3 Å². The first-order chi connectivity index (χ1) is 11.9. The zero-order valence-electron chi connectivity index (χ0n) is 13.8. The zero-order chi connectivity index (χ0) is 18.0. The molecule has 0 unspecified atom stereocenters. The molecule has 2 amide bonds. The number of para-hydroxylation sites is 1. The van der Waals surface area contributed by atoms with Crippen molar-refractivity contribution >= 4 is 57.5 Å². The summed E-state index contributed by atoms with van der Waals surface area (Å²) in [6.45, 7) is 4.68. The van der Waals surface area contributed by atoms with Crippen molar-refractivity contribution in [2.75, 3.05) is 11.9 Å². The number of amides is 2. The van der Waals surface area contributed by atoms with Gasteiger partial charge in [-0.25, -0.2) is 9.79 Å².